The van der Waals surface area contributed by atoms with Gasteiger partial charge in [0, 0.05) is 42.3 Å². The third kappa shape index (κ3) is 4.06. The van der Waals surface area contributed by atoms with Gasteiger partial charge >= 0.3 is 0 Å². The predicted molar refractivity (Wildman–Crippen MR) is 110 cm³/mol. The molecule has 7 nitrogen and oxygen atoms in total. The Bertz CT molecular complexity index is 995. The number of amides is 1. The highest BCUT2D eigenvalue weighted by atomic mass is 35.5. The quantitative estimate of drug-likeness (QED) is 0.798. The van der Waals surface area contributed by atoms with Crippen molar-refractivity contribution in [3.05, 3.63) is 46.7 Å². The Morgan fingerprint density at radius 1 is 1.17 bits per heavy atom. The van der Waals surface area contributed by atoms with E-state index in [4.69, 9.17) is 11.6 Å². The molecule has 0 spiro atoms. The third-order valence-electron chi connectivity index (χ3n) is 5.97. The molecule has 4 rings (SSSR count). The van der Waals surface area contributed by atoms with Crippen LogP contribution in [0.3, 0.4) is 0 Å². The van der Waals surface area contributed by atoms with Crippen LogP contribution in [0.1, 0.15) is 43.0 Å². The summed E-state index contributed by atoms with van der Waals surface area (Å²) in [4.78, 5) is 13.1. The second kappa shape index (κ2) is 8.08. The van der Waals surface area contributed by atoms with Gasteiger partial charge in [-0.15, -0.1) is 0 Å². The van der Waals surface area contributed by atoms with Crippen molar-refractivity contribution >= 4 is 27.5 Å². The van der Waals surface area contributed by atoms with Gasteiger partial charge < -0.3 is 5.32 Å². The Balaban J connectivity index is 1.37. The maximum Gasteiger partial charge on any atom is 0.243 e. The van der Waals surface area contributed by atoms with Crippen LogP contribution in [-0.2, 0) is 28.3 Å². The number of hydrogen-bond donors (Lipinski definition) is 1. The zero-order chi connectivity index (χ0) is 20.6. The second-order valence-corrected chi connectivity index (χ2v) is 10.1. The number of benzene rings is 1. The molecular formula is C20H25ClN4O3S. The largest absolute Gasteiger partial charge is 0.349 e. The fourth-order valence-electron chi connectivity index (χ4n) is 4.26. The molecular weight excluding hydrogens is 412 g/mol. The first-order chi connectivity index (χ1) is 13.9. The number of piperidine rings is 1. The maximum absolute atomic E-state index is 12.8. The zero-order valence-electron chi connectivity index (χ0n) is 16.3. The lowest BCUT2D eigenvalue weighted by Gasteiger charge is -2.32. The van der Waals surface area contributed by atoms with Gasteiger partial charge in [-0.3, -0.25) is 9.48 Å². The normalized spacial score (nSPS) is 21.0. The van der Waals surface area contributed by atoms with Gasteiger partial charge in [0.05, 0.1) is 17.1 Å². The molecule has 0 radical (unpaired) electrons. The van der Waals surface area contributed by atoms with Crippen molar-refractivity contribution in [2.24, 2.45) is 13.0 Å². The molecule has 2 aliphatic rings. The topological polar surface area (TPSA) is 84.3 Å². The van der Waals surface area contributed by atoms with E-state index >= 15 is 0 Å². The molecule has 1 saturated heterocycles. The number of halogens is 1. The first-order valence-corrected chi connectivity index (χ1v) is 11.7. The van der Waals surface area contributed by atoms with E-state index < -0.39 is 10.0 Å². The van der Waals surface area contributed by atoms with Crippen molar-refractivity contribution in [3.63, 3.8) is 0 Å². The first kappa shape index (κ1) is 20.4. The average molecular weight is 437 g/mol. The number of nitrogens with zero attached hydrogens (tertiary/aromatic N) is 3. The molecule has 0 bridgehead atoms. The van der Waals surface area contributed by atoms with Crippen molar-refractivity contribution in [2.45, 2.75) is 43.0 Å². The van der Waals surface area contributed by atoms with E-state index in [1.54, 1.807) is 12.1 Å². The average Bonchev–Trinajstić information content (AvgIpc) is 3.10. The number of rotatable bonds is 4. The molecule has 1 aromatic carbocycles. The lowest BCUT2D eigenvalue weighted by atomic mass is 9.91. The number of carbonyl (C=O) groups is 1. The van der Waals surface area contributed by atoms with Gasteiger partial charge in [0.2, 0.25) is 15.9 Å². The Hall–Kier alpha value is -1.90. The van der Waals surface area contributed by atoms with Gasteiger partial charge in [-0.05, 0) is 56.4 Å². The first-order valence-electron chi connectivity index (χ1n) is 9.93. The van der Waals surface area contributed by atoms with Gasteiger partial charge in [-0.25, -0.2) is 8.42 Å². The van der Waals surface area contributed by atoms with Crippen molar-refractivity contribution < 1.29 is 13.2 Å². The van der Waals surface area contributed by atoms with E-state index in [9.17, 15) is 13.2 Å². The summed E-state index contributed by atoms with van der Waals surface area (Å²) >= 11 is 5.86. The van der Waals surface area contributed by atoms with Gasteiger partial charge in [0.25, 0.3) is 0 Å². The summed E-state index contributed by atoms with van der Waals surface area (Å²) < 4.78 is 29.0. The molecule has 1 aliphatic heterocycles. The van der Waals surface area contributed by atoms with Crippen LogP contribution < -0.4 is 5.32 Å². The molecule has 156 valence electrons. The smallest absolute Gasteiger partial charge is 0.243 e. The summed E-state index contributed by atoms with van der Waals surface area (Å²) in [6, 6.07) is 6.18. The lowest BCUT2D eigenvalue weighted by Crippen LogP contribution is -2.44. The number of aryl methyl sites for hydroxylation is 1. The van der Waals surface area contributed by atoms with E-state index in [1.807, 2.05) is 17.9 Å². The van der Waals surface area contributed by atoms with Crippen molar-refractivity contribution in [3.8, 4) is 0 Å². The lowest BCUT2D eigenvalue weighted by molar-refractivity contribution is -0.127. The van der Waals surface area contributed by atoms with Crippen molar-refractivity contribution in [1.82, 2.24) is 19.4 Å². The second-order valence-electron chi connectivity index (χ2n) is 7.76. The van der Waals surface area contributed by atoms with E-state index in [-0.39, 0.29) is 22.8 Å². The Morgan fingerprint density at radius 3 is 2.55 bits per heavy atom. The van der Waals surface area contributed by atoms with E-state index in [0.717, 1.165) is 24.8 Å². The molecule has 1 aromatic heterocycles. The van der Waals surface area contributed by atoms with Crippen LogP contribution in [0.2, 0.25) is 5.02 Å². The van der Waals surface area contributed by atoms with Crippen LogP contribution in [0.4, 0.5) is 0 Å². The highest BCUT2D eigenvalue weighted by molar-refractivity contribution is 7.89. The summed E-state index contributed by atoms with van der Waals surface area (Å²) in [6.07, 6.45) is 5.81. The third-order valence-corrected chi connectivity index (χ3v) is 8.13. The van der Waals surface area contributed by atoms with Crippen LogP contribution in [0.25, 0.3) is 0 Å². The molecule has 1 amide bonds. The molecule has 1 aliphatic carbocycles. The number of hydrogen-bond acceptors (Lipinski definition) is 4. The van der Waals surface area contributed by atoms with Crippen LogP contribution in [0.5, 0.6) is 0 Å². The molecule has 0 saturated carbocycles. The summed E-state index contributed by atoms with van der Waals surface area (Å²) in [5, 5.41) is 8.00. The van der Waals surface area contributed by atoms with Crippen molar-refractivity contribution in [2.75, 3.05) is 13.1 Å². The van der Waals surface area contributed by atoms with Crippen LogP contribution >= 0.6 is 11.6 Å². The molecule has 9 heteroatoms. The fourth-order valence-corrected chi connectivity index (χ4v) is 5.86. The number of aromatic nitrogens is 2. The number of carbonyl (C=O) groups excluding carboxylic acids is 1. The number of nitrogens with one attached hydrogen (secondary N) is 1. The number of fused-ring (bicyclic) bond motifs is 1. The minimum Gasteiger partial charge on any atom is -0.349 e. The van der Waals surface area contributed by atoms with E-state index in [0.29, 0.717) is 31.0 Å². The van der Waals surface area contributed by atoms with Crippen LogP contribution in [0.15, 0.2) is 35.4 Å². The summed E-state index contributed by atoms with van der Waals surface area (Å²) in [6.45, 7) is 0.678. The summed E-state index contributed by atoms with van der Waals surface area (Å²) in [5.41, 5.74) is 2.29. The predicted octanol–water partition coefficient (Wildman–Crippen LogP) is 2.67. The molecule has 2 aromatic rings. The van der Waals surface area contributed by atoms with Gasteiger partial charge in [0.15, 0.2) is 0 Å². The Morgan fingerprint density at radius 2 is 1.86 bits per heavy atom. The molecule has 1 unspecified atom stereocenters. The highest BCUT2D eigenvalue weighted by Crippen LogP contribution is 2.30. The molecule has 29 heavy (non-hydrogen) atoms. The maximum atomic E-state index is 12.8. The van der Waals surface area contributed by atoms with Gasteiger partial charge in [-0.1, -0.05) is 11.6 Å². The fraction of sp³-hybridized carbons (Fsp3) is 0.500. The minimum absolute atomic E-state index is 0.00391. The van der Waals surface area contributed by atoms with E-state index in [1.165, 1.54) is 22.1 Å². The summed E-state index contributed by atoms with van der Waals surface area (Å²) in [7, 11) is -1.63. The van der Waals surface area contributed by atoms with Gasteiger partial charge in [0.1, 0.15) is 0 Å². The Labute approximate surface area is 176 Å². The summed E-state index contributed by atoms with van der Waals surface area (Å²) in [5.74, 6) is -0.163. The molecule has 1 atom stereocenters. The monoisotopic (exact) mass is 436 g/mol. The minimum atomic E-state index is -3.56. The molecule has 1 fully saturated rings. The van der Waals surface area contributed by atoms with Gasteiger partial charge in [-0.2, -0.15) is 9.40 Å². The van der Waals surface area contributed by atoms with Crippen molar-refractivity contribution in [1.29, 1.82) is 0 Å². The molecule has 1 N–H and O–H groups in total. The van der Waals surface area contributed by atoms with Crippen LogP contribution in [0, 0.1) is 5.92 Å². The van der Waals surface area contributed by atoms with E-state index in [2.05, 4.69) is 10.4 Å². The Kier molecular flexibility index (Phi) is 5.68. The highest BCUT2D eigenvalue weighted by Gasteiger charge is 2.33. The SMILES string of the molecule is Cn1ncc2c1CCCC2NC(=O)C1CCN(S(=O)(=O)c2ccc(Cl)cc2)CC1. The zero-order valence-corrected chi connectivity index (χ0v) is 17.9. The molecule has 2 heterocycles. The standard InChI is InChI=1S/C20H25ClN4O3S/c1-24-19-4-2-3-18(17(19)13-22-24)23-20(26)14-9-11-25(12-10-14)29(27,28)16-7-5-15(21)6-8-16/h5-8,13-14,18H,2-4,9-12H2,1H3,(H,23,26). The van der Waals surface area contributed by atoms with Crippen LogP contribution in [-0.4, -0.2) is 41.5 Å². The number of sulfonamides is 1.